The molecular weight excluding hydrogens is 378 g/mol. The molecule has 0 bridgehead atoms. The van der Waals surface area contributed by atoms with Crippen molar-refractivity contribution in [1.29, 1.82) is 0 Å². The minimum Gasteiger partial charge on any atom is -0.423 e. The summed E-state index contributed by atoms with van der Waals surface area (Å²) in [6.45, 7) is 0. The van der Waals surface area contributed by atoms with Gasteiger partial charge < -0.3 is 10.0 Å². The molecule has 0 heterocycles. The smallest absolute Gasteiger partial charge is 0.423 e. The molecule has 0 spiro atoms. The highest BCUT2D eigenvalue weighted by molar-refractivity contribution is 6.59. The highest BCUT2D eigenvalue weighted by Gasteiger charge is 2.18. The SMILES string of the molecule is OB(O)c1cc(F)c2c(ccc3cc(-c4cc(F)c(F)c(F)c4)cc(F)c32)c1. The van der Waals surface area contributed by atoms with E-state index in [9.17, 15) is 32.0 Å². The first-order valence-corrected chi connectivity index (χ1v) is 8.12. The van der Waals surface area contributed by atoms with E-state index in [0.29, 0.717) is 0 Å². The molecule has 0 aromatic heterocycles. The minimum atomic E-state index is -1.88. The van der Waals surface area contributed by atoms with Crippen LogP contribution in [0.25, 0.3) is 32.7 Å². The molecule has 2 N–H and O–H groups in total. The fourth-order valence-electron chi connectivity index (χ4n) is 3.29. The van der Waals surface area contributed by atoms with Crippen LogP contribution in [0.1, 0.15) is 0 Å². The molecule has 0 saturated heterocycles. The molecule has 0 saturated carbocycles. The molecule has 0 aliphatic heterocycles. The van der Waals surface area contributed by atoms with E-state index in [1.54, 1.807) is 0 Å². The Hall–Kier alpha value is -2.97. The second-order valence-electron chi connectivity index (χ2n) is 6.35. The molecule has 0 atom stereocenters. The van der Waals surface area contributed by atoms with Crippen molar-refractivity contribution in [3.8, 4) is 11.1 Å². The highest BCUT2D eigenvalue weighted by Crippen LogP contribution is 2.34. The summed E-state index contributed by atoms with van der Waals surface area (Å²) in [5, 5.41) is 18.8. The van der Waals surface area contributed by atoms with E-state index in [1.807, 2.05) is 0 Å². The van der Waals surface area contributed by atoms with Gasteiger partial charge in [-0.3, -0.25) is 0 Å². The Labute approximate surface area is 155 Å². The Kier molecular flexibility index (Phi) is 4.32. The van der Waals surface area contributed by atoms with Gasteiger partial charge in [0.2, 0.25) is 0 Å². The molecule has 0 aliphatic carbocycles. The number of halogens is 5. The molecule has 0 unspecified atom stereocenters. The van der Waals surface area contributed by atoms with Gasteiger partial charge in [0.15, 0.2) is 17.5 Å². The van der Waals surface area contributed by atoms with Crippen LogP contribution < -0.4 is 5.46 Å². The van der Waals surface area contributed by atoms with Crippen LogP contribution in [-0.4, -0.2) is 17.2 Å². The van der Waals surface area contributed by atoms with Crippen molar-refractivity contribution in [1.82, 2.24) is 0 Å². The Morgan fingerprint density at radius 3 is 1.61 bits per heavy atom. The van der Waals surface area contributed by atoms with Gasteiger partial charge in [-0.2, -0.15) is 0 Å². The quantitative estimate of drug-likeness (QED) is 0.236. The van der Waals surface area contributed by atoms with Crippen molar-refractivity contribution < 1.29 is 32.0 Å². The molecule has 4 aromatic carbocycles. The lowest BCUT2D eigenvalue weighted by atomic mass is 9.79. The van der Waals surface area contributed by atoms with Crippen molar-refractivity contribution in [2.45, 2.75) is 0 Å². The molecule has 4 aromatic rings. The number of fused-ring (bicyclic) bond motifs is 3. The number of hydrogen-bond acceptors (Lipinski definition) is 2. The van der Waals surface area contributed by atoms with Crippen LogP contribution in [0.3, 0.4) is 0 Å². The molecular formula is C20H10BF5O2. The Bertz CT molecular complexity index is 1230. The van der Waals surface area contributed by atoms with Gasteiger partial charge in [0.25, 0.3) is 0 Å². The van der Waals surface area contributed by atoms with Crippen LogP contribution in [0.2, 0.25) is 0 Å². The lowest BCUT2D eigenvalue weighted by Gasteiger charge is -2.11. The fraction of sp³-hybridized carbons (Fsp3) is 0. The lowest BCUT2D eigenvalue weighted by molar-refractivity contribution is 0.425. The van der Waals surface area contributed by atoms with Crippen LogP contribution in [0, 0.1) is 29.1 Å². The summed E-state index contributed by atoms with van der Waals surface area (Å²) in [4.78, 5) is 0. The summed E-state index contributed by atoms with van der Waals surface area (Å²) in [5.74, 6) is -6.14. The third-order valence-corrected chi connectivity index (χ3v) is 4.57. The second-order valence-corrected chi connectivity index (χ2v) is 6.35. The average molecular weight is 388 g/mol. The first kappa shape index (κ1) is 18.4. The highest BCUT2D eigenvalue weighted by atomic mass is 19.2. The van der Waals surface area contributed by atoms with E-state index < -0.39 is 36.2 Å². The Morgan fingerprint density at radius 1 is 0.571 bits per heavy atom. The molecule has 4 rings (SSSR count). The first-order valence-electron chi connectivity index (χ1n) is 8.12. The van der Waals surface area contributed by atoms with Crippen molar-refractivity contribution >= 4 is 34.1 Å². The van der Waals surface area contributed by atoms with Gasteiger partial charge in [0, 0.05) is 10.8 Å². The Balaban J connectivity index is 1.99. The van der Waals surface area contributed by atoms with Crippen LogP contribution in [0.5, 0.6) is 0 Å². The lowest BCUT2D eigenvalue weighted by Crippen LogP contribution is -2.30. The maximum atomic E-state index is 14.9. The number of rotatable bonds is 2. The third kappa shape index (κ3) is 2.91. The summed E-state index contributed by atoms with van der Waals surface area (Å²) in [5.41, 5.74) is -0.0693. The molecule has 8 heteroatoms. The Morgan fingerprint density at radius 2 is 1.04 bits per heavy atom. The summed E-state index contributed by atoms with van der Waals surface area (Å²) >= 11 is 0. The first-order chi connectivity index (χ1) is 13.3. The van der Waals surface area contributed by atoms with Gasteiger partial charge in [0.1, 0.15) is 11.6 Å². The van der Waals surface area contributed by atoms with Gasteiger partial charge >= 0.3 is 7.12 Å². The van der Waals surface area contributed by atoms with Gasteiger partial charge in [-0.15, -0.1) is 0 Å². The van der Waals surface area contributed by atoms with Crippen LogP contribution in [0.4, 0.5) is 22.0 Å². The fourth-order valence-corrected chi connectivity index (χ4v) is 3.29. The molecule has 2 nitrogen and oxygen atoms in total. The van der Waals surface area contributed by atoms with Crippen molar-refractivity contribution in [2.75, 3.05) is 0 Å². The standard InChI is InChI=1S/C20H10BF5O2/c22-14-5-11(12-6-16(24)20(26)17(25)7-12)3-9-1-2-10-4-13(21(27)28)8-15(23)19(10)18(9)14/h1-8,27-28H. The predicted molar refractivity (Wildman–Crippen MR) is 96.5 cm³/mol. The molecule has 140 valence electrons. The molecule has 28 heavy (non-hydrogen) atoms. The minimum absolute atomic E-state index is 0.0672. The van der Waals surface area contributed by atoms with E-state index in [4.69, 9.17) is 0 Å². The van der Waals surface area contributed by atoms with Crippen molar-refractivity contribution in [2.24, 2.45) is 0 Å². The average Bonchev–Trinajstić information content (AvgIpc) is 2.65. The molecule has 0 amide bonds. The molecule has 0 fully saturated rings. The third-order valence-electron chi connectivity index (χ3n) is 4.57. The van der Waals surface area contributed by atoms with E-state index in [1.165, 1.54) is 24.3 Å². The van der Waals surface area contributed by atoms with E-state index in [-0.39, 0.29) is 38.1 Å². The van der Waals surface area contributed by atoms with Crippen molar-refractivity contribution in [3.63, 3.8) is 0 Å². The van der Waals surface area contributed by atoms with E-state index >= 15 is 0 Å². The summed E-state index contributed by atoms with van der Waals surface area (Å²) in [7, 11) is -1.88. The van der Waals surface area contributed by atoms with Crippen LogP contribution in [-0.2, 0) is 0 Å². The monoisotopic (exact) mass is 388 g/mol. The van der Waals surface area contributed by atoms with E-state index in [0.717, 1.165) is 24.3 Å². The van der Waals surface area contributed by atoms with Crippen LogP contribution in [0.15, 0.2) is 48.5 Å². The number of benzene rings is 4. The van der Waals surface area contributed by atoms with Crippen LogP contribution >= 0.6 is 0 Å². The van der Waals surface area contributed by atoms with Gasteiger partial charge in [-0.05, 0) is 57.7 Å². The second kappa shape index (κ2) is 6.58. The normalized spacial score (nSPS) is 11.4. The largest absolute Gasteiger partial charge is 0.488 e. The summed E-state index contributed by atoms with van der Waals surface area (Å²) in [6.07, 6.45) is 0. The van der Waals surface area contributed by atoms with Crippen molar-refractivity contribution in [3.05, 3.63) is 77.6 Å². The summed E-state index contributed by atoms with van der Waals surface area (Å²) in [6, 6.07) is 9.01. The maximum Gasteiger partial charge on any atom is 0.488 e. The topological polar surface area (TPSA) is 40.5 Å². The number of hydrogen-bond donors (Lipinski definition) is 2. The predicted octanol–water partition coefficient (Wildman–Crippen LogP) is 4.04. The van der Waals surface area contributed by atoms with E-state index in [2.05, 4.69) is 0 Å². The van der Waals surface area contributed by atoms with Gasteiger partial charge in [-0.1, -0.05) is 18.2 Å². The zero-order valence-corrected chi connectivity index (χ0v) is 14.0. The summed E-state index contributed by atoms with van der Waals surface area (Å²) < 4.78 is 69.6. The van der Waals surface area contributed by atoms with Gasteiger partial charge in [0.05, 0.1) is 0 Å². The van der Waals surface area contributed by atoms with Gasteiger partial charge in [-0.25, -0.2) is 22.0 Å². The maximum absolute atomic E-state index is 14.9. The zero-order chi connectivity index (χ0) is 20.2. The molecule has 0 aliphatic rings. The zero-order valence-electron chi connectivity index (χ0n) is 14.0. The molecule has 0 radical (unpaired) electrons.